The van der Waals surface area contributed by atoms with Gasteiger partial charge in [0, 0.05) is 11.7 Å². The molecule has 0 aliphatic heterocycles. The molecule has 0 saturated heterocycles. The molecule has 2 N–H and O–H groups in total. The average Bonchev–Trinajstić information content (AvgIpc) is 2.77. The minimum Gasteiger partial charge on any atom is -0.489 e. The fourth-order valence-electron chi connectivity index (χ4n) is 3.59. The van der Waals surface area contributed by atoms with Crippen molar-refractivity contribution in [2.24, 2.45) is 0 Å². The topological polar surface area (TPSA) is 33.3 Å². The van der Waals surface area contributed by atoms with E-state index < -0.39 is 0 Å². The van der Waals surface area contributed by atoms with Gasteiger partial charge in [-0.05, 0) is 60.1 Å². The Morgan fingerprint density at radius 1 is 0.806 bits per heavy atom. The molecule has 3 heteroatoms. The van der Waals surface area contributed by atoms with E-state index in [9.17, 15) is 0 Å². The van der Waals surface area contributed by atoms with Crippen molar-refractivity contribution in [3.63, 3.8) is 0 Å². The number of hydrogen-bond donors (Lipinski definition) is 2. The van der Waals surface area contributed by atoms with Crippen LogP contribution in [0.2, 0.25) is 0 Å². The summed E-state index contributed by atoms with van der Waals surface area (Å²) in [5, 5.41) is 7.15. The van der Waals surface area contributed by atoms with Crippen LogP contribution < -0.4 is 15.4 Å². The minimum atomic E-state index is 0.131. The van der Waals surface area contributed by atoms with Crippen LogP contribution in [0, 0.1) is 0 Å². The van der Waals surface area contributed by atoms with Gasteiger partial charge in [0.15, 0.2) is 0 Å². The lowest BCUT2D eigenvalue weighted by atomic mass is 9.86. The van der Waals surface area contributed by atoms with Gasteiger partial charge in [0.25, 0.3) is 0 Å². The molecule has 3 aromatic rings. The predicted octanol–water partition coefficient (Wildman–Crippen LogP) is 6.54. The van der Waals surface area contributed by atoms with E-state index in [2.05, 4.69) is 99.0 Å². The first-order valence-corrected chi connectivity index (χ1v) is 11.2. The van der Waals surface area contributed by atoms with Crippen LogP contribution in [-0.4, -0.2) is 12.7 Å². The van der Waals surface area contributed by atoms with Crippen molar-refractivity contribution in [2.45, 2.75) is 58.6 Å². The van der Waals surface area contributed by atoms with Crippen molar-refractivity contribution >= 4 is 5.69 Å². The summed E-state index contributed by atoms with van der Waals surface area (Å²) in [6.07, 6.45) is 2.14. The molecule has 0 spiro atoms. The van der Waals surface area contributed by atoms with Crippen LogP contribution in [-0.2, 0) is 18.4 Å². The number of ether oxygens (including phenoxy) is 1. The molecule has 0 aliphatic carbocycles. The average molecular weight is 417 g/mol. The molecule has 0 aliphatic rings. The van der Waals surface area contributed by atoms with Gasteiger partial charge in [-0.25, -0.2) is 0 Å². The molecule has 0 bridgehead atoms. The zero-order valence-electron chi connectivity index (χ0n) is 19.3. The number of nitrogens with one attached hydrogen (secondary N) is 2. The molecule has 31 heavy (non-hydrogen) atoms. The molecular weight excluding hydrogens is 380 g/mol. The molecule has 1 atom stereocenters. The highest BCUT2D eigenvalue weighted by molar-refractivity contribution is 5.54. The van der Waals surface area contributed by atoms with Crippen LogP contribution in [0.25, 0.3) is 0 Å². The van der Waals surface area contributed by atoms with Gasteiger partial charge < -0.3 is 10.1 Å². The predicted molar refractivity (Wildman–Crippen MR) is 132 cm³/mol. The number of benzene rings is 3. The first-order valence-electron chi connectivity index (χ1n) is 11.2. The molecule has 3 aromatic carbocycles. The fraction of sp³-hybridized carbons (Fsp3) is 0.357. The maximum atomic E-state index is 5.88. The Balaban J connectivity index is 1.39. The summed E-state index contributed by atoms with van der Waals surface area (Å²) < 4.78 is 5.88. The Morgan fingerprint density at radius 3 is 2.19 bits per heavy atom. The van der Waals surface area contributed by atoms with E-state index in [1.165, 1.54) is 22.4 Å². The van der Waals surface area contributed by atoms with Crippen molar-refractivity contribution in [2.75, 3.05) is 12.0 Å². The molecule has 164 valence electrons. The summed E-state index contributed by atoms with van der Waals surface area (Å²) in [4.78, 5) is 0. The van der Waals surface area contributed by atoms with Crippen molar-refractivity contribution in [1.82, 2.24) is 5.32 Å². The van der Waals surface area contributed by atoms with Gasteiger partial charge in [-0.3, -0.25) is 5.32 Å². The number of aryl methyl sites for hydroxylation is 1. The first kappa shape index (κ1) is 22.9. The van der Waals surface area contributed by atoms with Crippen LogP contribution in [0.15, 0.2) is 78.9 Å². The zero-order chi connectivity index (χ0) is 22.1. The molecule has 0 aromatic heterocycles. The highest BCUT2D eigenvalue weighted by Crippen LogP contribution is 2.28. The molecule has 0 amide bonds. The Labute approximate surface area is 187 Å². The van der Waals surface area contributed by atoms with Crippen molar-refractivity contribution in [1.29, 1.82) is 0 Å². The van der Waals surface area contributed by atoms with Crippen molar-refractivity contribution in [3.8, 4) is 5.75 Å². The van der Waals surface area contributed by atoms with Crippen LogP contribution in [0.3, 0.4) is 0 Å². The highest BCUT2D eigenvalue weighted by atomic mass is 16.5. The minimum absolute atomic E-state index is 0.131. The summed E-state index contributed by atoms with van der Waals surface area (Å²) >= 11 is 0. The summed E-state index contributed by atoms with van der Waals surface area (Å²) in [7, 11) is 0. The molecule has 3 rings (SSSR count). The lowest BCUT2D eigenvalue weighted by molar-refractivity contribution is 0.306. The monoisotopic (exact) mass is 416 g/mol. The molecule has 1 unspecified atom stereocenters. The summed E-state index contributed by atoms with van der Waals surface area (Å²) in [6.45, 7) is 10.4. The van der Waals surface area contributed by atoms with Crippen molar-refractivity contribution < 1.29 is 4.74 Å². The Bertz CT molecular complexity index is 914. The summed E-state index contributed by atoms with van der Waals surface area (Å²) in [6, 6.07) is 27.8. The van der Waals surface area contributed by atoms with Crippen LogP contribution in [0.5, 0.6) is 5.75 Å². The molecule has 3 nitrogen and oxygen atoms in total. The van der Waals surface area contributed by atoms with Gasteiger partial charge in [0.1, 0.15) is 12.4 Å². The summed E-state index contributed by atoms with van der Waals surface area (Å²) in [5.41, 5.74) is 5.21. The Morgan fingerprint density at radius 2 is 1.48 bits per heavy atom. The van der Waals surface area contributed by atoms with Gasteiger partial charge in [-0.15, -0.1) is 0 Å². The van der Waals surface area contributed by atoms with E-state index in [1.54, 1.807) is 0 Å². The van der Waals surface area contributed by atoms with Gasteiger partial charge >= 0.3 is 0 Å². The van der Waals surface area contributed by atoms with E-state index in [-0.39, 0.29) is 5.41 Å². The standard InChI is InChI=1S/C28H36N2O/c1-22(29-21-30-27-13-9-8-12-26(27)28(2,3)4)14-15-23-16-18-25(19-17-23)31-20-24-10-6-5-7-11-24/h5-13,16-19,22,29-30H,14-15,20-21H2,1-4H3. The Kier molecular flexibility index (Phi) is 8.13. The Hall–Kier alpha value is -2.78. The second-order valence-electron chi connectivity index (χ2n) is 9.21. The fourth-order valence-corrected chi connectivity index (χ4v) is 3.59. The smallest absolute Gasteiger partial charge is 0.119 e. The maximum absolute atomic E-state index is 5.88. The van der Waals surface area contributed by atoms with Crippen LogP contribution in [0.4, 0.5) is 5.69 Å². The lowest BCUT2D eigenvalue weighted by Crippen LogP contribution is -2.32. The normalized spacial score (nSPS) is 12.4. The maximum Gasteiger partial charge on any atom is 0.119 e. The zero-order valence-corrected chi connectivity index (χ0v) is 19.3. The van der Waals surface area contributed by atoms with Gasteiger partial charge in [-0.1, -0.05) is 81.4 Å². The third-order valence-electron chi connectivity index (χ3n) is 5.50. The summed E-state index contributed by atoms with van der Waals surface area (Å²) in [5.74, 6) is 0.917. The second-order valence-corrected chi connectivity index (χ2v) is 9.21. The van der Waals surface area contributed by atoms with E-state index in [0.717, 1.165) is 25.3 Å². The number of anilines is 1. The number of para-hydroxylation sites is 1. The highest BCUT2D eigenvalue weighted by Gasteiger charge is 2.17. The molecule has 0 heterocycles. The molecule has 0 radical (unpaired) electrons. The van der Waals surface area contributed by atoms with E-state index in [0.29, 0.717) is 12.6 Å². The molecular formula is C28H36N2O. The second kappa shape index (κ2) is 11.0. The van der Waals surface area contributed by atoms with Gasteiger partial charge in [-0.2, -0.15) is 0 Å². The van der Waals surface area contributed by atoms with Crippen molar-refractivity contribution in [3.05, 3.63) is 95.6 Å². The van der Waals surface area contributed by atoms with Crippen LogP contribution in [0.1, 0.15) is 50.8 Å². The van der Waals surface area contributed by atoms with E-state index in [1.807, 2.05) is 18.2 Å². The lowest BCUT2D eigenvalue weighted by Gasteiger charge is -2.24. The quantitative estimate of drug-likeness (QED) is 0.368. The van der Waals surface area contributed by atoms with Gasteiger partial charge in [0.2, 0.25) is 0 Å². The number of rotatable bonds is 10. The van der Waals surface area contributed by atoms with E-state index in [4.69, 9.17) is 4.74 Å². The third-order valence-corrected chi connectivity index (χ3v) is 5.50. The number of hydrogen-bond acceptors (Lipinski definition) is 3. The first-order chi connectivity index (χ1) is 14.9. The largest absolute Gasteiger partial charge is 0.489 e. The molecule has 0 saturated carbocycles. The SMILES string of the molecule is CC(CCc1ccc(OCc2ccccc2)cc1)NCNc1ccccc1C(C)(C)C. The van der Waals surface area contributed by atoms with Crippen LogP contribution >= 0.6 is 0 Å². The third kappa shape index (κ3) is 7.45. The van der Waals surface area contributed by atoms with Gasteiger partial charge in [0.05, 0.1) is 6.67 Å². The molecule has 0 fully saturated rings. The van der Waals surface area contributed by atoms with E-state index >= 15 is 0 Å².